The molecule has 2 rings (SSSR count). The smallest absolute Gasteiger partial charge is 0.253 e. The fraction of sp³-hybridized carbons (Fsp3) is 0.562. The normalized spacial score (nSPS) is 23.6. The number of aliphatic hydroxyl groups is 1. The molecule has 2 atom stereocenters. The molecule has 0 radical (unpaired) electrons. The van der Waals surface area contributed by atoms with Crippen LogP contribution in [0, 0.1) is 5.41 Å². The maximum Gasteiger partial charge on any atom is 0.253 e. The fourth-order valence-corrected chi connectivity index (χ4v) is 2.80. The van der Waals surface area contributed by atoms with E-state index in [1.54, 1.807) is 12.1 Å². The van der Waals surface area contributed by atoms with Crippen molar-refractivity contribution >= 4 is 5.91 Å². The number of carbonyl (C=O) groups excluding carboxylic acids is 1. The van der Waals surface area contributed by atoms with E-state index in [4.69, 9.17) is 0 Å². The summed E-state index contributed by atoms with van der Waals surface area (Å²) < 4.78 is 0. The molecule has 1 aliphatic carbocycles. The third-order valence-electron chi connectivity index (χ3n) is 4.19. The first kappa shape index (κ1) is 14.1. The van der Waals surface area contributed by atoms with Crippen molar-refractivity contribution in [2.24, 2.45) is 5.41 Å². The van der Waals surface area contributed by atoms with Crippen LogP contribution in [0.2, 0.25) is 0 Å². The highest BCUT2D eigenvalue weighted by Gasteiger charge is 2.34. The molecular weight excluding hydrogens is 238 g/mol. The van der Waals surface area contributed by atoms with E-state index < -0.39 is 6.10 Å². The fourth-order valence-electron chi connectivity index (χ4n) is 2.80. The van der Waals surface area contributed by atoms with Crippen LogP contribution in [-0.4, -0.2) is 17.1 Å². The summed E-state index contributed by atoms with van der Waals surface area (Å²) >= 11 is 0. The van der Waals surface area contributed by atoms with Crippen molar-refractivity contribution in [3.05, 3.63) is 35.9 Å². The molecule has 0 aromatic heterocycles. The predicted molar refractivity (Wildman–Crippen MR) is 75.6 cm³/mol. The van der Waals surface area contributed by atoms with Crippen molar-refractivity contribution in [3.63, 3.8) is 0 Å². The minimum atomic E-state index is -1.07. The lowest BCUT2D eigenvalue weighted by Crippen LogP contribution is -2.48. The van der Waals surface area contributed by atoms with E-state index in [1.165, 1.54) is 6.42 Å². The van der Waals surface area contributed by atoms with Crippen LogP contribution in [0.15, 0.2) is 30.3 Å². The molecule has 0 spiro atoms. The van der Waals surface area contributed by atoms with Crippen LogP contribution >= 0.6 is 0 Å². The van der Waals surface area contributed by atoms with Crippen molar-refractivity contribution < 1.29 is 9.90 Å². The quantitative estimate of drug-likeness (QED) is 0.879. The number of amides is 1. The summed E-state index contributed by atoms with van der Waals surface area (Å²) in [6, 6.07) is 9.24. The van der Waals surface area contributed by atoms with Crippen LogP contribution in [0.25, 0.3) is 0 Å². The van der Waals surface area contributed by atoms with Crippen molar-refractivity contribution in [1.29, 1.82) is 0 Å². The van der Waals surface area contributed by atoms with Crippen molar-refractivity contribution in [2.45, 2.75) is 51.7 Å². The molecule has 3 heteroatoms. The zero-order valence-electron chi connectivity index (χ0n) is 11.7. The molecule has 19 heavy (non-hydrogen) atoms. The van der Waals surface area contributed by atoms with Crippen LogP contribution in [0.4, 0.5) is 0 Å². The van der Waals surface area contributed by atoms with Crippen molar-refractivity contribution in [1.82, 2.24) is 5.32 Å². The highest BCUT2D eigenvalue weighted by atomic mass is 16.3. The maximum atomic E-state index is 12.1. The van der Waals surface area contributed by atoms with Crippen LogP contribution in [-0.2, 0) is 4.79 Å². The molecule has 0 saturated heterocycles. The molecule has 1 fully saturated rings. The number of aliphatic hydroxyl groups excluding tert-OH is 1. The Kier molecular flexibility index (Phi) is 4.25. The van der Waals surface area contributed by atoms with E-state index in [0.717, 1.165) is 19.3 Å². The summed E-state index contributed by atoms with van der Waals surface area (Å²) in [4.78, 5) is 12.1. The molecule has 2 N–H and O–H groups in total. The van der Waals surface area contributed by atoms with Gasteiger partial charge in [0.1, 0.15) is 0 Å². The van der Waals surface area contributed by atoms with Crippen molar-refractivity contribution in [3.8, 4) is 0 Å². The summed E-state index contributed by atoms with van der Waals surface area (Å²) in [6.45, 7) is 4.37. The van der Waals surface area contributed by atoms with Gasteiger partial charge in [-0.1, -0.05) is 57.0 Å². The Labute approximate surface area is 115 Å². The Balaban J connectivity index is 2.01. The zero-order chi connectivity index (χ0) is 13.9. The highest BCUT2D eigenvalue weighted by molar-refractivity contribution is 5.82. The second kappa shape index (κ2) is 5.74. The zero-order valence-corrected chi connectivity index (χ0v) is 11.7. The average Bonchev–Trinajstić information content (AvgIpc) is 2.41. The summed E-state index contributed by atoms with van der Waals surface area (Å²) in [5.74, 6) is -0.286. The molecule has 104 valence electrons. The number of hydrogen-bond donors (Lipinski definition) is 2. The second-order valence-electron chi connectivity index (χ2n) is 6.11. The van der Waals surface area contributed by atoms with Gasteiger partial charge in [0.05, 0.1) is 0 Å². The van der Waals surface area contributed by atoms with E-state index in [1.807, 2.05) is 18.2 Å². The molecule has 0 bridgehead atoms. The third-order valence-corrected chi connectivity index (χ3v) is 4.19. The standard InChI is InChI=1S/C16H23NO2/c1-16(2)11-7-6-10-13(16)17-15(19)14(18)12-8-4-3-5-9-12/h3-5,8-9,13-14,18H,6-7,10-11H2,1-2H3,(H,17,19). The van der Waals surface area contributed by atoms with E-state index in [9.17, 15) is 9.90 Å². The molecule has 1 aromatic carbocycles. The number of nitrogens with one attached hydrogen (secondary N) is 1. The van der Waals surface area contributed by atoms with E-state index >= 15 is 0 Å². The molecule has 3 nitrogen and oxygen atoms in total. The minimum absolute atomic E-state index is 0.115. The van der Waals surface area contributed by atoms with Gasteiger partial charge in [-0.05, 0) is 23.8 Å². The van der Waals surface area contributed by atoms with Gasteiger partial charge in [-0.15, -0.1) is 0 Å². The number of rotatable bonds is 3. The molecule has 1 saturated carbocycles. The van der Waals surface area contributed by atoms with E-state index in [-0.39, 0.29) is 17.4 Å². The number of hydrogen-bond acceptors (Lipinski definition) is 2. The van der Waals surface area contributed by atoms with Crippen molar-refractivity contribution in [2.75, 3.05) is 0 Å². The second-order valence-corrected chi connectivity index (χ2v) is 6.11. The van der Waals surface area contributed by atoms with Gasteiger partial charge in [0.2, 0.25) is 0 Å². The van der Waals surface area contributed by atoms with Gasteiger partial charge in [0.25, 0.3) is 5.91 Å². The van der Waals surface area contributed by atoms with Gasteiger partial charge >= 0.3 is 0 Å². The molecule has 2 unspecified atom stereocenters. The first-order valence-corrected chi connectivity index (χ1v) is 7.04. The molecule has 1 aromatic rings. The first-order chi connectivity index (χ1) is 9.00. The van der Waals surface area contributed by atoms with Gasteiger partial charge in [-0.3, -0.25) is 4.79 Å². The van der Waals surface area contributed by atoms with Crippen LogP contribution in [0.1, 0.15) is 51.2 Å². The SMILES string of the molecule is CC1(C)CCCCC1NC(=O)C(O)c1ccccc1. The molecule has 0 heterocycles. The number of carbonyl (C=O) groups is 1. The predicted octanol–water partition coefficient (Wildman–Crippen LogP) is 2.81. The summed E-state index contributed by atoms with van der Waals surface area (Å²) in [6.07, 6.45) is 3.43. The lowest BCUT2D eigenvalue weighted by atomic mass is 9.73. The number of benzene rings is 1. The summed E-state index contributed by atoms with van der Waals surface area (Å²) in [5, 5.41) is 13.1. The molecule has 1 amide bonds. The molecule has 1 aliphatic rings. The Morgan fingerprint density at radius 2 is 2.00 bits per heavy atom. The Bertz CT molecular complexity index is 428. The molecular formula is C16H23NO2. The minimum Gasteiger partial charge on any atom is -0.378 e. The van der Waals surface area contributed by atoms with E-state index in [0.29, 0.717) is 5.56 Å². The lowest BCUT2D eigenvalue weighted by Gasteiger charge is -2.39. The van der Waals surface area contributed by atoms with Crippen LogP contribution in [0.3, 0.4) is 0 Å². The Morgan fingerprint density at radius 1 is 1.32 bits per heavy atom. The largest absolute Gasteiger partial charge is 0.378 e. The van der Waals surface area contributed by atoms with Gasteiger partial charge in [0.15, 0.2) is 6.10 Å². The van der Waals surface area contributed by atoms with Gasteiger partial charge in [-0.2, -0.15) is 0 Å². The maximum absolute atomic E-state index is 12.1. The lowest BCUT2D eigenvalue weighted by molar-refractivity contribution is -0.131. The van der Waals surface area contributed by atoms with Gasteiger partial charge in [0, 0.05) is 6.04 Å². The highest BCUT2D eigenvalue weighted by Crippen LogP contribution is 2.35. The average molecular weight is 261 g/mol. The third kappa shape index (κ3) is 3.35. The first-order valence-electron chi connectivity index (χ1n) is 7.04. The van der Waals surface area contributed by atoms with Crippen LogP contribution in [0.5, 0.6) is 0 Å². The van der Waals surface area contributed by atoms with Crippen LogP contribution < -0.4 is 5.32 Å². The molecule has 0 aliphatic heterocycles. The monoisotopic (exact) mass is 261 g/mol. The van der Waals surface area contributed by atoms with E-state index in [2.05, 4.69) is 19.2 Å². The van der Waals surface area contributed by atoms with Gasteiger partial charge in [-0.25, -0.2) is 0 Å². The Hall–Kier alpha value is -1.35. The summed E-state index contributed by atoms with van der Waals surface area (Å²) in [5.41, 5.74) is 0.762. The summed E-state index contributed by atoms with van der Waals surface area (Å²) in [7, 11) is 0. The van der Waals surface area contributed by atoms with Gasteiger partial charge < -0.3 is 10.4 Å². The topological polar surface area (TPSA) is 49.3 Å². The Morgan fingerprint density at radius 3 is 2.63 bits per heavy atom.